The van der Waals surface area contributed by atoms with E-state index < -0.39 is 0 Å². The van der Waals surface area contributed by atoms with Crippen LogP contribution in [0.25, 0.3) is 10.2 Å². The van der Waals surface area contributed by atoms with E-state index in [4.69, 9.17) is 9.47 Å². The fourth-order valence-corrected chi connectivity index (χ4v) is 6.99. The molecule has 2 aliphatic heterocycles. The van der Waals surface area contributed by atoms with Crippen LogP contribution in [0.1, 0.15) is 65.0 Å². The molecule has 4 heterocycles. The summed E-state index contributed by atoms with van der Waals surface area (Å²) in [7, 11) is 1.69. The van der Waals surface area contributed by atoms with E-state index in [2.05, 4.69) is 24.0 Å². The highest BCUT2D eigenvalue weighted by atomic mass is 32.1. The summed E-state index contributed by atoms with van der Waals surface area (Å²) in [5.41, 5.74) is 3.01. The highest BCUT2D eigenvalue weighted by molar-refractivity contribution is 7.20. The molecule has 1 spiro atoms. The normalized spacial score (nSPS) is 20.9. The minimum atomic E-state index is -0.110. The lowest BCUT2D eigenvalue weighted by atomic mass is 9.71. The van der Waals surface area contributed by atoms with E-state index in [-0.39, 0.29) is 22.9 Å². The highest BCUT2D eigenvalue weighted by Gasteiger charge is 2.47. The molecular weight excluding hydrogens is 438 g/mol. The van der Waals surface area contributed by atoms with Gasteiger partial charge in [0.15, 0.2) is 11.5 Å². The summed E-state index contributed by atoms with van der Waals surface area (Å²) in [5.74, 6) is 1.57. The molecule has 1 aromatic carbocycles. The van der Waals surface area contributed by atoms with Gasteiger partial charge in [-0.2, -0.15) is 0 Å². The zero-order chi connectivity index (χ0) is 22.9. The number of fused-ring (bicyclic) bond motifs is 4. The van der Waals surface area contributed by atoms with Crippen LogP contribution in [0.2, 0.25) is 0 Å². The van der Waals surface area contributed by atoms with Crippen molar-refractivity contribution in [3.05, 3.63) is 50.4 Å². The number of aryl methyl sites for hydroxylation is 2. The molecule has 0 saturated heterocycles. The molecule has 33 heavy (non-hydrogen) atoms. The van der Waals surface area contributed by atoms with Crippen LogP contribution in [0.15, 0.2) is 23.3 Å². The number of benzene rings is 1. The van der Waals surface area contributed by atoms with E-state index in [9.17, 15) is 9.59 Å². The molecule has 3 aliphatic rings. The molecule has 1 unspecified atom stereocenters. The van der Waals surface area contributed by atoms with Gasteiger partial charge in [-0.25, -0.2) is 4.98 Å². The molecule has 2 aromatic heterocycles. The second-order valence-corrected chi connectivity index (χ2v) is 10.6. The second kappa shape index (κ2) is 7.32. The Kier molecular flexibility index (Phi) is 4.59. The van der Waals surface area contributed by atoms with Gasteiger partial charge < -0.3 is 18.9 Å². The molecule has 1 aliphatic carbocycles. The van der Waals surface area contributed by atoms with E-state index in [1.807, 2.05) is 11.8 Å². The molecule has 0 radical (unpaired) electrons. The quantitative estimate of drug-likeness (QED) is 0.541. The van der Waals surface area contributed by atoms with Crippen molar-refractivity contribution in [1.29, 1.82) is 0 Å². The van der Waals surface area contributed by atoms with Gasteiger partial charge in [0.05, 0.1) is 22.6 Å². The first-order valence-corrected chi connectivity index (χ1v) is 12.4. The summed E-state index contributed by atoms with van der Waals surface area (Å²) in [6, 6.07) is 4.16. The van der Waals surface area contributed by atoms with Crippen LogP contribution in [0.4, 0.5) is 0 Å². The van der Waals surface area contributed by atoms with E-state index in [0.29, 0.717) is 34.9 Å². The van der Waals surface area contributed by atoms with Crippen molar-refractivity contribution in [2.24, 2.45) is 7.05 Å². The maximum atomic E-state index is 14.0. The SMILES string of the molecule is Cc1c(C(=O)N2CC3(CCCC3)c3cc4c(cc3C2C)OCCO4)sc2ncn(C)c(=O)c12. The monoisotopic (exact) mass is 465 g/mol. The third kappa shape index (κ3) is 2.96. The van der Waals surface area contributed by atoms with Gasteiger partial charge in [-0.1, -0.05) is 12.8 Å². The minimum absolute atomic E-state index is 0.0168. The first kappa shape index (κ1) is 20.7. The second-order valence-electron chi connectivity index (χ2n) is 9.58. The lowest BCUT2D eigenvalue weighted by molar-refractivity contribution is 0.0597. The number of rotatable bonds is 1. The summed E-state index contributed by atoms with van der Waals surface area (Å²) in [5, 5.41) is 0.550. The number of aromatic nitrogens is 2. The number of carbonyl (C=O) groups excluding carboxylic acids is 1. The molecule has 1 amide bonds. The summed E-state index contributed by atoms with van der Waals surface area (Å²) in [6.45, 7) is 5.74. The number of thiophene rings is 1. The van der Waals surface area contributed by atoms with Crippen LogP contribution < -0.4 is 15.0 Å². The molecule has 7 nitrogen and oxygen atoms in total. The molecule has 3 aromatic rings. The zero-order valence-corrected chi connectivity index (χ0v) is 20.0. The average Bonchev–Trinajstić information content (AvgIpc) is 3.43. The van der Waals surface area contributed by atoms with Crippen molar-refractivity contribution in [2.45, 2.75) is 51.0 Å². The topological polar surface area (TPSA) is 73.7 Å². The fraction of sp³-hybridized carbons (Fsp3) is 0.480. The Morgan fingerprint density at radius 1 is 1.18 bits per heavy atom. The van der Waals surface area contributed by atoms with Crippen LogP contribution in [0.3, 0.4) is 0 Å². The van der Waals surface area contributed by atoms with Crippen LogP contribution in [0, 0.1) is 6.92 Å². The molecule has 0 N–H and O–H groups in total. The minimum Gasteiger partial charge on any atom is -0.486 e. The first-order valence-electron chi connectivity index (χ1n) is 11.6. The fourth-order valence-electron chi connectivity index (χ4n) is 5.90. The van der Waals surface area contributed by atoms with Gasteiger partial charge in [-0.15, -0.1) is 11.3 Å². The molecule has 1 saturated carbocycles. The van der Waals surface area contributed by atoms with Crippen molar-refractivity contribution in [3.8, 4) is 11.5 Å². The highest BCUT2D eigenvalue weighted by Crippen LogP contribution is 2.52. The maximum absolute atomic E-state index is 14.0. The Bertz CT molecular complexity index is 1350. The Morgan fingerprint density at radius 3 is 2.61 bits per heavy atom. The van der Waals surface area contributed by atoms with Crippen molar-refractivity contribution in [3.63, 3.8) is 0 Å². The van der Waals surface area contributed by atoms with Crippen LogP contribution >= 0.6 is 11.3 Å². The smallest absolute Gasteiger partial charge is 0.264 e. The van der Waals surface area contributed by atoms with Crippen molar-refractivity contribution in [1.82, 2.24) is 14.5 Å². The largest absolute Gasteiger partial charge is 0.486 e. The Balaban J connectivity index is 1.47. The Labute approximate surface area is 195 Å². The predicted octanol–water partition coefficient (Wildman–Crippen LogP) is 4.10. The average molecular weight is 466 g/mol. The van der Waals surface area contributed by atoms with Crippen LogP contribution in [-0.4, -0.2) is 40.1 Å². The third-order valence-corrected chi connectivity index (χ3v) is 8.89. The number of amides is 1. The number of hydrogen-bond acceptors (Lipinski definition) is 6. The van der Waals surface area contributed by atoms with Crippen molar-refractivity contribution >= 4 is 27.5 Å². The van der Waals surface area contributed by atoms with Gasteiger partial charge in [-0.3, -0.25) is 9.59 Å². The van der Waals surface area contributed by atoms with E-state index in [1.165, 1.54) is 27.8 Å². The molecular formula is C25H27N3O4S. The Morgan fingerprint density at radius 2 is 1.88 bits per heavy atom. The van der Waals surface area contributed by atoms with E-state index in [1.54, 1.807) is 7.05 Å². The van der Waals surface area contributed by atoms with E-state index >= 15 is 0 Å². The molecule has 0 bridgehead atoms. The molecule has 1 atom stereocenters. The third-order valence-electron chi connectivity index (χ3n) is 7.70. The van der Waals surface area contributed by atoms with Gasteiger partial charge in [0.1, 0.15) is 18.0 Å². The predicted molar refractivity (Wildman–Crippen MR) is 127 cm³/mol. The number of nitrogens with zero attached hydrogens (tertiary/aromatic N) is 3. The number of ether oxygens (including phenoxy) is 2. The maximum Gasteiger partial charge on any atom is 0.264 e. The molecule has 172 valence electrons. The van der Waals surface area contributed by atoms with Gasteiger partial charge in [0.25, 0.3) is 11.5 Å². The van der Waals surface area contributed by atoms with Crippen LogP contribution in [0.5, 0.6) is 11.5 Å². The number of hydrogen-bond donors (Lipinski definition) is 0. The number of carbonyl (C=O) groups is 1. The summed E-state index contributed by atoms with van der Waals surface area (Å²) < 4.78 is 13.2. The summed E-state index contributed by atoms with van der Waals surface area (Å²) in [4.78, 5) is 34.3. The van der Waals surface area contributed by atoms with Crippen molar-refractivity contribution in [2.75, 3.05) is 19.8 Å². The van der Waals surface area contributed by atoms with Crippen LogP contribution in [-0.2, 0) is 12.5 Å². The molecule has 1 fully saturated rings. The standard InChI is InChI=1S/C25H27N3O4S/c1-14-20-22(26-13-27(3)23(20)29)33-21(14)24(30)28-12-25(6-4-5-7-25)17-11-19-18(31-8-9-32-19)10-16(17)15(28)2/h10-11,13,15H,4-9,12H2,1-3H3. The summed E-state index contributed by atoms with van der Waals surface area (Å²) >= 11 is 1.33. The van der Waals surface area contributed by atoms with Gasteiger partial charge in [0, 0.05) is 19.0 Å². The zero-order valence-electron chi connectivity index (χ0n) is 19.1. The molecule has 6 rings (SSSR count). The molecule has 8 heteroatoms. The first-order chi connectivity index (χ1) is 15.9. The van der Waals surface area contributed by atoms with Gasteiger partial charge in [0.2, 0.25) is 0 Å². The summed E-state index contributed by atoms with van der Waals surface area (Å²) in [6.07, 6.45) is 5.96. The van der Waals surface area contributed by atoms with Crippen molar-refractivity contribution < 1.29 is 14.3 Å². The Hall–Kier alpha value is -2.87. The van der Waals surface area contributed by atoms with Gasteiger partial charge in [-0.05, 0) is 55.5 Å². The lowest BCUT2D eigenvalue weighted by Gasteiger charge is -2.46. The van der Waals surface area contributed by atoms with E-state index in [0.717, 1.165) is 48.3 Å². The lowest BCUT2D eigenvalue weighted by Crippen LogP contribution is -2.48. The van der Waals surface area contributed by atoms with Gasteiger partial charge >= 0.3 is 0 Å².